The van der Waals surface area contributed by atoms with Gasteiger partial charge in [-0.3, -0.25) is 0 Å². The van der Waals surface area contributed by atoms with Gasteiger partial charge in [0.2, 0.25) is 0 Å². The Bertz CT molecular complexity index is 514. The highest BCUT2D eigenvalue weighted by atomic mass is 28.5. The van der Waals surface area contributed by atoms with Crippen LogP contribution in [-0.4, -0.2) is 50.3 Å². The standard InChI is InChI=1S/C17H34O5Si4/c1-9-14(6)23-20-26(21-24-15(7)10-2,22-25-16(8)11-3)12-19-17(18)13(4)5/h9-11H,4,12,23-25H2,1-3,5-8H3. The molecule has 0 rings (SSSR count). The van der Waals surface area contributed by atoms with E-state index in [2.05, 4.69) is 45.6 Å². The smallest absolute Gasteiger partial charge is 0.458 e. The molecule has 0 spiro atoms. The molecule has 148 valence electrons. The number of allylic oxidation sites excluding steroid dienone is 6. The second kappa shape index (κ2) is 13.4. The van der Waals surface area contributed by atoms with E-state index in [0.29, 0.717) is 5.57 Å². The van der Waals surface area contributed by atoms with E-state index < -0.39 is 44.1 Å². The van der Waals surface area contributed by atoms with Crippen LogP contribution in [-0.2, 0) is 21.9 Å². The highest BCUT2D eigenvalue weighted by Gasteiger charge is 2.42. The number of hydrogen-bond acceptors (Lipinski definition) is 5. The largest absolute Gasteiger partial charge is 0.509 e. The molecule has 0 N–H and O–H groups in total. The Kier molecular flexibility index (Phi) is 12.9. The van der Waals surface area contributed by atoms with Crippen LogP contribution in [0.25, 0.3) is 0 Å². The molecule has 5 nitrogen and oxygen atoms in total. The van der Waals surface area contributed by atoms with Crippen molar-refractivity contribution in [1.29, 1.82) is 0 Å². The number of ether oxygens (including phenoxy) is 1. The zero-order chi connectivity index (χ0) is 20.2. The minimum atomic E-state index is -3.06. The second-order valence-electron chi connectivity index (χ2n) is 6.31. The maximum absolute atomic E-state index is 11.9. The molecule has 0 heterocycles. The van der Waals surface area contributed by atoms with Crippen molar-refractivity contribution in [2.75, 3.05) is 6.23 Å². The Labute approximate surface area is 166 Å². The summed E-state index contributed by atoms with van der Waals surface area (Å²) in [6, 6.07) is 0. The van der Waals surface area contributed by atoms with Gasteiger partial charge in [0.05, 0.1) is 0 Å². The molecule has 26 heavy (non-hydrogen) atoms. The van der Waals surface area contributed by atoms with Crippen LogP contribution in [0.5, 0.6) is 0 Å². The molecular formula is C17H34O5Si4. The number of carbonyl (C=O) groups excluding carboxylic acids is 1. The molecule has 0 amide bonds. The van der Waals surface area contributed by atoms with E-state index in [1.807, 2.05) is 20.8 Å². The van der Waals surface area contributed by atoms with Crippen molar-refractivity contribution in [3.05, 3.63) is 46.0 Å². The van der Waals surface area contributed by atoms with Gasteiger partial charge in [-0.1, -0.05) is 40.4 Å². The Morgan fingerprint density at radius 1 is 0.846 bits per heavy atom. The van der Waals surface area contributed by atoms with Gasteiger partial charge >= 0.3 is 14.8 Å². The second-order valence-corrected chi connectivity index (χ2v) is 15.6. The maximum atomic E-state index is 11.9. The summed E-state index contributed by atoms with van der Waals surface area (Å²) >= 11 is 0. The molecular weight excluding hydrogens is 397 g/mol. The van der Waals surface area contributed by atoms with Crippen molar-refractivity contribution in [2.24, 2.45) is 0 Å². The summed E-state index contributed by atoms with van der Waals surface area (Å²) in [6.45, 7) is 17.4. The number of esters is 1. The third-order valence-corrected chi connectivity index (χ3v) is 13.9. The average Bonchev–Trinajstić information content (AvgIpc) is 2.65. The van der Waals surface area contributed by atoms with Gasteiger partial charge in [-0.2, -0.15) is 0 Å². The Hall–Kier alpha value is -0.822. The third kappa shape index (κ3) is 10.4. The molecule has 0 aromatic carbocycles. The molecule has 0 atom stereocenters. The van der Waals surface area contributed by atoms with Crippen LogP contribution in [0.15, 0.2) is 46.0 Å². The molecule has 0 saturated carbocycles. The summed E-state index contributed by atoms with van der Waals surface area (Å²) in [4.78, 5) is 11.9. The van der Waals surface area contributed by atoms with E-state index in [4.69, 9.17) is 17.1 Å². The first kappa shape index (κ1) is 25.2. The van der Waals surface area contributed by atoms with E-state index in [9.17, 15) is 4.79 Å². The lowest BCUT2D eigenvalue weighted by atomic mass is 10.4. The molecule has 9 heteroatoms. The maximum Gasteiger partial charge on any atom is 0.509 e. The quantitative estimate of drug-likeness (QED) is 0.268. The van der Waals surface area contributed by atoms with Crippen molar-refractivity contribution >= 4 is 44.1 Å². The lowest BCUT2D eigenvalue weighted by Gasteiger charge is -2.31. The molecule has 0 bridgehead atoms. The first-order valence-electron chi connectivity index (χ1n) is 8.79. The molecule has 0 radical (unpaired) electrons. The first-order chi connectivity index (χ1) is 12.2. The molecule has 0 unspecified atom stereocenters. The van der Waals surface area contributed by atoms with Crippen LogP contribution in [0, 0.1) is 0 Å². The minimum absolute atomic E-state index is 0.0523. The van der Waals surface area contributed by atoms with Gasteiger partial charge in [0.1, 0.15) is 0 Å². The van der Waals surface area contributed by atoms with Crippen molar-refractivity contribution in [3.63, 3.8) is 0 Å². The van der Waals surface area contributed by atoms with E-state index >= 15 is 0 Å². The summed E-state index contributed by atoms with van der Waals surface area (Å²) in [5, 5.41) is 3.65. The Balaban J connectivity index is 5.46. The normalized spacial score (nSPS) is 17.0. The van der Waals surface area contributed by atoms with Gasteiger partial charge in [0.25, 0.3) is 0 Å². The van der Waals surface area contributed by atoms with Crippen LogP contribution in [0.3, 0.4) is 0 Å². The van der Waals surface area contributed by atoms with E-state index in [1.54, 1.807) is 6.92 Å². The fourth-order valence-electron chi connectivity index (χ4n) is 1.45. The lowest BCUT2D eigenvalue weighted by molar-refractivity contribution is -0.138. The Morgan fingerprint density at radius 2 is 1.19 bits per heavy atom. The molecule has 0 saturated heterocycles. The minimum Gasteiger partial charge on any atom is -0.458 e. The van der Waals surface area contributed by atoms with Gasteiger partial charge in [0, 0.05) is 5.57 Å². The van der Waals surface area contributed by atoms with Crippen LogP contribution < -0.4 is 0 Å². The summed E-state index contributed by atoms with van der Waals surface area (Å²) in [7, 11) is -5.97. The fraction of sp³-hybridized carbons (Fsp3) is 0.471. The van der Waals surface area contributed by atoms with Crippen LogP contribution in [0.1, 0.15) is 48.5 Å². The van der Waals surface area contributed by atoms with Gasteiger partial charge in [-0.15, -0.1) is 0 Å². The van der Waals surface area contributed by atoms with Gasteiger partial charge in [0.15, 0.2) is 35.5 Å². The van der Waals surface area contributed by atoms with Gasteiger partial charge in [-0.25, -0.2) is 4.79 Å². The van der Waals surface area contributed by atoms with Crippen molar-refractivity contribution < 1.29 is 21.9 Å². The zero-order valence-electron chi connectivity index (χ0n) is 17.3. The number of carbonyl (C=O) groups is 1. The summed E-state index contributed by atoms with van der Waals surface area (Å²) in [6.07, 6.45) is 6.20. The molecule has 0 aromatic rings. The van der Waals surface area contributed by atoms with E-state index in [0.717, 1.165) is 0 Å². The van der Waals surface area contributed by atoms with Crippen molar-refractivity contribution in [3.8, 4) is 0 Å². The number of rotatable bonds is 12. The van der Waals surface area contributed by atoms with Crippen LogP contribution in [0.4, 0.5) is 0 Å². The van der Waals surface area contributed by atoms with E-state index in [-0.39, 0.29) is 6.23 Å². The summed E-state index contributed by atoms with van der Waals surface area (Å²) in [5.74, 6) is -0.434. The van der Waals surface area contributed by atoms with Gasteiger partial charge < -0.3 is 17.1 Å². The van der Waals surface area contributed by atoms with E-state index in [1.165, 1.54) is 15.6 Å². The third-order valence-electron chi connectivity index (χ3n) is 3.77. The van der Waals surface area contributed by atoms with Crippen LogP contribution >= 0.6 is 0 Å². The number of hydrogen-bond donors (Lipinski definition) is 0. The monoisotopic (exact) mass is 430 g/mol. The van der Waals surface area contributed by atoms with Crippen molar-refractivity contribution in [1.82, 2.24) is 0 Å². The molecule has 0 aliphatic rings. The zero-order valence-corrected chi connectivity index (χ0v) is 22.6. The topological polar surface area (TPSA) is 54.0 Å². The lowest BCUT2D eigenvalue weighted by Crippen LogP contribution is -2.54. The summed E-state index contributed by atoms with van der Waals surface area (Å²) in [5.41, 5.74) is 0.360. The molecule has 0 aromatic heterocycles. The predicted molar refractivity (Wildman–Crippen MR) is 119 cm³/mol. The highest BCUT2D eigenvalue weighted by molar-refractivity contribution is 6.75. The van der Waals surface area contributed by atoms with Gasteiger partial charge in [-0.05, 0) is 48.5 Å². The highest BCUT2D eigenvalue weighted by Crippen LogP contribution is 2.14. The first-order valence-corrected chi connectivity index (χ1v) is 14.6. The molecule has 0 fully saturated rings. The average molecular weight is 431 g/mol. The predicted octanol–water partition coefficient (Wildman–Crippen LogP) is 1.66. The molecule has 0 aliphatic heterocycles. The van der Waals surface area contributed by atoms with Crippen LogP contribution in [0.2, 0.25) is 0 Å². The molecule has 0 aliphatic carbocycles. The SMILES string of the molecule is C=C(C)C(=O)OC[Si](O[SiH2]C(C)=CC)(O[SiH2]C(C)=CC)O[SiH2]C(C)=CC. The Morgan fingerprint density at radius 3 is 1.46 bits per heavy atom. The van der Waals surface area contributed by atoms with Crippen molar-refractivity contribution in [2.45, 2.75) is 48.5 Å². The fourth-order valence-corrected chi connectivity index (χ4v) is 11.9. The summed E-state index contributed by atoms with van der Waals surface area (Å²) < 4.78 is 24.2.